The smallest absolute Gasteiger partial charge is 0.337 e. The second-order valence-corrected chi connectivity index (χ2v) is 6.87. The lowest BCUT2D eigenvalue weighted by Crippen LogP contribution is -3.10. The van der Waals surface area contributed by atoms with E-state index in [0.29, 0.717) is 24.4 Å². The van der Waals surface area contributed by atoms with E-state index >= 15 is 0 Å². The molecule has 0 spiro atoms. The molecule has 0 saturated carbocycles. The number of amides is 2. The van der Waals surface area contributed by atoms with Crippen LogP contribution in [0.15, 0.2) is 29.5 Å². The summed E-state index contributed by atoms with van der Waals surface area (Å²) < 4.78 is 16.0. The number of benzene rings is 1. The van der Waals surface area contributed by atoms with Gasteiger partial charge in [-0.1, -0.05) is 0 Å². The summed E-state index contributed by atoms with van der Waals surface area (Å²) in [5, 5.41) is 5.46. The number of hydrogen-bond donors (Lipinski definition) is 3. The van der Waals surface area contributed by atoms with Crippen molar-refractivity contribution >= 4 is 12.0 Å². The zero-order chi connectivity index (χ0) is 20.1. The van der Waals surface area contributed by atoms with Crippen LogP contribution in [-0.4, -0.2) is 52.5 Å². The molecule has 8 heteroatoms. The van der Waals surface area contributed by atoms with Gasteiger partial charge in [-0.2, -0.15) is 0 Å². The van der Waals surface area contributed by atoms with Gasteiger partial charge in [-0.05, 0) is 19.1 Å². The molecule has 2 aliphatic rings. The number of hydrogen-bond acceptors (Lipinski definition) is 5. The largest absolute Gasteiger partial charge is 0.497 e. The van der Waals surface area contributed by atoms with Gasteiger partial charge >= 0.3 is 12.0 Å². The Bertz CT molecular complexity index is 777. The number of carbonyl (C=O) groups excluding carboxylic acids is 2. The first kappa shape index (κ1) is 20.0. The zero-order valence-electron chi connectivity index (χ0n) is 16.6. The van der Waals surface area contributed by atoms with Gasteiger partial charge in [0.15, 0.2) is 0 Å². The molecule has 2 amide bonds. The fraction of sp³-hybridized carbons (Fsp3) is 0.500. The van der Waals surface area contributed by atoms with Crippen LogP contribution in [0.5, 0.6) is 11.5 Å². The van der Waals surface area contributed by atoms with Crippen LogP contribution < -0.4 is 25.0 Å². The molecule has 1 unspecified atom stereocenters. The van der Waals surface area contributed by atoms with Crippen molar-refractivity contribution in [2.45, 2.75) is 25.8 Å². The number of urea groups is 1. The summed E-state index contributed by atoms with van der Waals surface area (Å²) in [6, 6.07) is 5.78. The fourth-order valence-corrected chi connectivity index (χ4v) is 3.93. The molecule has 1 aromatic rings. The second-order valence-electron chi connectivity index (χ2n) is 6.87. The third-order valence-electron chi connectivity index (χ3n) is 5.28. The molecule has 0 radical (unpaired) electrons. The van der Waals surface area contributed by atoms with E-state index in [0.717, 1.165) is 36.4 Å². The van der Waals surface area contributed by atoms with Crippen molar-refractivity contribution in [3.05, 3.63) is 35.0 Å². The van der Waals surface area contributed by atoms with E-state index in [9.17, 15) is 9.59 Å². The standard InChI is InChI=1S/C20H27N3O5/c1-4-28-19(24)15-11-21-20(25)22-16(15)12-23-9-5-6-17(23)14-8-7-13(26-2)10-18(14)27-3/h7-8,10,17H,4-6,9,11-12H2,1-3H3,(H2,21,22,25)/p+1/t17-/m0/s1. The van der Waals surface area contributed by atoms with E-state index in [1.54, 1.807) is 21.1 Å². The Morgan fingerprint density at radius 2 is 2.11 bits per heavy atom. The van der Waals surface area contributed by atoms with Gasteiger partial charge in [0.05, 0.1) is 50.7 Å². The molecule has 2 atom stereocenters. The van der Waals surface area contributed by atoms with Gasteiger partial charge in [0.25, 0.3) is 0 Å². The Morgan fingerprint density at radius 3 is 2.82 bits per heavy atom. The summed E-state index contributed by atoms with van der Waals surface area (Å²) >= 11 is 0. The maximum Gasteiger partial charge on any atom is 0.337 e. The predicted molar refractivity (Wildman–Crippen MR) is 102 cm³/mol. The lowest BCUT2D eigenvalue weighted by molar-refractivity contribution is -0.914. The molecule has 3 rings (SSSR count). The average Bonchev–Trinajstić information content (AvgIpc) is 3.15. The third kappa shape index (κ3) is 4.22. The minimum atomic E-state index is -0.387. The molecule has 1 fully saturated rings. The molecular weight excluding hydrogens is 362 g/mol. The van der Waals surface area contributed by atoms with Crippen LogP contribution in [0.2, 0.25) is 0 Å². The lowest BCUT2D eigenvalue weighted by atomic mass is 10.0. The van der Waals surface area contributed by atoms with Crippen molar-refractivity contribution in [3.8, 4) is 11.5 Å². The van der Waals surface area contributed by atoms with Gasteiger partial charge in [0.1, 0.15) is 24.1 Å². The molecule has 28 heavy (non-hydrogen) atoms. The van der Waals surface area contributed by atoms with Gasteiger partial charge in [-0.15, -0.1) is 0 Å². The van der Waals surface area contributed by atoms with E-state index in [1.165, 1.54) is 4.90 Å². The van der Waals surface area contributed by atoms with Gasteiger partial charge in [0, 0.05) is 18.9 Å². The highest BCUT2D eigenvalue weighted by Crippen LogP contribution is 2.31. The van der Waals surface area contributed by atoms with E-state index in [1.807, 2.05) is 18.2 Å². The number of esters is 1. The Kier molecular flexibility index (Phi) is 6.41. The van der Waals surface area contributed by atoms with Crippen molar-refractivity contribution in [2.24, 2.45) is 0 Å². The Morgan fingerprint density at radius 1 is 1.29 bits per heavy atom. The third-order valence-corrected chi connectivity index (χ3v) is 5.28. The van der Waals surface area contributed by atoms with E-state index < -0.39 is 0 Å². The van der Waals surface area contributed by atoms with Crippen LogP contribution in [0.3, 0.4) is 0 Å². The number of ether oxygens (including phenoxy) is 3. The maximum atomic E-state index is 12.3. The SMILES string of the molecule is CCOC(=O)C1=C(C[NH+]2CCC[C@H]2c2ccc(OC)cc2OC)NC(=O)NC1. The molecule has 152 valence electrons. The molecule has 3 N–H and O–H groups in total. The van der Waals surface area contributed by atoms with Crippen molar-refractivity contribution in [2.75, 3.05) is 40.5 Å². The lowest BCUT2D eigenvalue weighted by Gasteiger charge is -2.27. The molecule has 2 heterocycles. The van der Waals surface area contributed by atoms with E-state index in [4.69, 9.17) is 14.2 Å². The number of carbonyl (C=O) groups is 2. The molecule has 0 aromatic heterocycles. The van der Waals surface area contributed by atoms with Crippen LogP contribution >= 0.6 is 0 Å². The molecule has 1 aromatic carbocycles. The predicted octanol–water partition coefficient (Wildman–Crippen LogP) is 0.554. The zero-order valence-corrected chi connectivity index (χ0v) is 16.6. The number of nitrogens with one attached hydrogen (secondary N) is 3. The van der Waals surface area contributed by atoms with Crippen LogP contribution in [0.25, 0.3) is 0 Å². The Labute approximate surface area is 164 Å². The minimum Gasteiger partial charge on any atom is -0.497 e. The number of rotatable bonds is 7. The van der Waals surface area contributed by atoms with Crippen LogP contribution in [0.4, 0.5) is 4.79 Å². The fourth-order valence-electron chi connectivity index (χ4n) is 3.93. The van der Waals surface area contributed by atoms with Crippen LogP contribution in [0, 0.1) is 0 Å². The highest BCUT2D eigenvalue weighted by molar-refractivity contribution is 5.93. The second kappa shape index (κ2) is 8.97. The molecule has 8 nitrogen and oxygen atoms in total. The van der Waals surface area contributed by atoms with E-state index in [2.05, 4.69) is 10.6 Å². The summed E-state index contributed by atoms with van der Waals surface area (Å²) in [6.45, 7) is 3.74. The summed E-state index contributed by atoms with van der Waals surface area (Å²) in [7, 11) is 3.28. The molecular formula is C20H28N3O5+. The average molecular weight is 390 g/mol. The topological polar surface area (TPSA) is 90.3 Å². The molecule has 0 bridgehead atoms. The van der Waals surface area contributed by atoms with Crippen molar-refractivity contribution in [1.29, 1.82) is 0 Å². The van der Waals surface area contributed by atoms with Gasteiger partial charge in [-0.25, -0.2) is 9.59 Å². The highest BCUT2D eigenvalue weighted by Gasteiger charge is 2.35. The van der Waals surface area contributed by atoms with Crippen LogP contribution in [0.1, 0.15) is 31.4 Å². The summed E-state index contributed by atoms with van der Waals surface area (Å²) in [5.41, 5.74) is 2.23. The molecule has 1 saturated heterocycles. The normalized spacial score (nSPS) is 21.8. The highest BCUT2D eigenvalue weighted by atomic mass is 16.5. The first-order chi connectivity index (χ1) is 13.6. The Balaban J connectivity index is 1.86. The van der Waals surface area contributed by atoms with Gasteiger partial charge in [0.2, 0.25) is 0 Å². The van der Waals surface area contributed by atoms with Crippen molar-refractivity contribution in [3.63, 3.8) is 0 Å². The maximum absolute atomic E-state index is 12.3. The Hall–Kier alpha value is -2.74. The minimum absolute atomic E-state index is 0.184. The number of likely N-dealkylation sites (tertiary alicyclic amines) is 1. The van der Waals surface area contributed by atoms with E-state index in [-0.39, 0.29) is 24.6 Å². The summed E-state index contributed by atoms with van der Waals surface area (Å²) in [4.78, 5) is 25.4. The number of methoxy groups -OCH3 is 2. The monoisotopic (exact) mass is 390 g/mol. The quantitative estimate of drug-likeness (QED) is 0.592. The first-order valence-electron chi connectivity index (χ1n) is 9.57. The van der Waals surface area contributed by atoms with Crippen molar-refractivity contribution < 1.29 is 28.7 Å². The molecule has 0 aliphatic carbocycles. The molecule has 2 aliphatic heterocycles. The summed E-state index contributed by atoms with van der Waals surface area (Å²) in [5.74, 6) is 1.15. The van der Waals surface area contributed by atoms with Gasteiger partial charge < -0.3 is 29.7 Å². The van der Waals surface area contributed by atoms with Crippen LogP contribution in [-0.2, 0) is 9.53 Å². The number of quaternary nitrogens is 1. The van der Waals surface area contributed by atoms with Gasteiger partial charge in [-0.3, -0.25) is 0 Å². The van der Waals surface area contributed by atoms with Crippen molar-refractivity contribution in [1.82, 2.24) is 10.6 Å². The summed E-state index contributed by atoms with van der Waals surface area (Å²) in [6.07, 6.45) is 2.07. The first-order valence-corrected chi connectivity index (χ1v) is 9.57.